The average molecular weight is 404 g/mol. The number of nitrogens with one attached hydrogen (secondary N) is 1. The van der Waals surface area contributed by atoms with Gasteiger partial charge in [-0.25, -0.2) is 4.79 Å². The maximum atomic E-state index is 11.8. The van der Waals surface area contributed by atoms with Gasteiger partial charge in [0, 0.05) is 50.5 Å². The van der Waals surface area contributed by atoms with Crippen LogP contribution >= 0.6 is 0 Å². The monoisotopic (exact) mass is 403 g/mol. The van der Waals surface area contributed by atoms with E-state index in [-0.39, 0.29) is 12.1 Å². The molecule has 8 nitrogen and oxygen atoms in total. The quantitative estimate of drug-likeness (QED) is 0.558. The van der Waals surface area contributed by atoms with E-state index in [0.29, 0.717) is 31.6 Å². The Hall–Kier alpha value is -2.64. The highest BCUT2D eigenvalue weighted by molar-refractivity contribution is 5.78. The topological polar surface area (TPSA) is 92.4 Å². The Morgan fingerprint density at radius 1 is 1.28 bits per heavy atom. The Morgan fingerprint density at radius 3 is 2.79 bits per heavy atom. The molecule has 29 heavy (non-hydrogen) atoms. The van der Waals surface area contributed by atoms with Crippen LogP contribution in [-0.2, 0) is 4.74 Å². The van der Waals surface area contributed by atoms with Crippen molar-refractivity contribution >= 4 is 17.7 Å². The summed E-state index contributed by atoms with van der Waals surface area (Å²) in [6.07, 6.45) is 2.57. The number of carbonyl (C=O) groups is 1. The summed E-state index contributed by atoms with van der Waals surface area (Å²) >= 11 is 0. The summed E-state index contributed by atoms with van der Waals surface area (Å²) in [5.41, 5.74) is 7.30. The number of hydrogen-bond acceptors (Lipinski definition) is 5. The first kappa shape index (κ1) is 21.1. The number of guanidine groups is 1. The fourth-order valence-corrected chi connectivity index (χ4v) is 3.93. The Morgan fingerprint density at radius 2 is 2.07 bits per heavy atom. The minimum atomic E-state index is -0.227. The van der Waals surface area contributed by atoms with Gasteiger partial charge in [0.1, 0.15) is 5.75 Å². The zero-order valence-corrected chi connectivity index (χ0v) is 17.5. The lowest BCUT2D eigenvalue weighted by molar-refractivity contribution is 0.0963. The number of hydrogen-bond donors (Lipinski definition) is 2. The summed E-state index contributed by atoms with van der Waals surface area (Å²) in [5, 5.41) is 3.31. The predicted molar refractivity (Wildman–Crippen MR) is 115 cm³/mol. The SMILES string of the molecule is CCOC(=O)N1CCC(NC(N)=NCC2CCN(c3cccc(OC)c3)C2)CC1. The van der Waals surface area contributed by atoms with E-state index in [1.807, 2.05) is 19.1 Å². The zero-order chi connectivity index (χ0) is 20.6. The van der Waals surface area contributed by atoms with Crippen LogP contribution < -0.4 is 20.7 Å². The highest BCUT2D eigenvalue weighted by Crippen LogP contribution is 2.27. The molecule has 1 aromatic rings. The van der Waals surface area contributed by atoms with Gasteiger partial charge in [0.05, 0.1) is 13.7 Å². The lowest BCUT2D eigenvalue weighted by Crippen LogP contribution is -2.48. The summed E-state index contributed by atoms with van der Waals surface area (Å²) in [6.45, 7) is 6.32. The van der Waals surface area contributed by atoms with Crippen molar-refractivity contribution in [1.29, 1.82) is 0 Å². The van der Waals surface area contributed by atoms with Crippen molar-refractivity contribution in [2.24, 2.45) is 16.6 Å². The molecule has 0 aliphatic carbocycles. The van der Waals surface area contributed by atoms with Gasteiger partial charge in [-0.3, -0.25) is 4.99 Å². The summed E-state index contributed by atoms with van der Waals surface area (Å²) in [4.78, 5) is 20.5. The van der Waals surface area contributed by atoms with Crippen molar-refractivity contribution in [2.45, 2.75) is 32.2 Å². The molecule has 0 spiro atoms. The number of carbonyl (C=O) groups excluding carboxylic acids is 1. The second kappa shape index (κ2) is 10.2. The van der Waals surface area contributed by atoms with E-state index in [1.165, 1.54) is 5.69 Å². The van der Waals surface area contributed by atoms with Crippen LogP contribution in [-0.4, -0.2) is 69.4 Å². The largest absolute Gasteiger partial charge is 0.497 e. The van der Waals surface area contributed by atoms with E-state index < -0.39 is 0 Å². The number of amides is 1. The molecule has 0 aromatic heterocycles. The van der Waals surface area contributed by atoms with Crippen LogP contribution in [0.4, 0.5) is 10.5 Å². The lowest BCUT2D eigenvalue weighted by Gasteiger charge is -2.31. The first-order valence-electron chi connectivity index (χ1n) is 10.5. The van der Waals surface area contributed by atoms with Gasteiger partial charge in [0.15, 0.2) is 5.96 Å². The number of aliphatic imine (C=N–C) groups is 1. The van der Waals surface area contributed by atoms with Gasteiger partial charge in [0.2, 0.25) is 0 Å². The molecule has 3 N–H and O–H groups in total. The molecule has 2 heterocycles. The van der Waals surface area contributed by atoms with E-state index in [0.717, 1.165) is 44.6 Å². The lowest BCUT2D eigenvalue weighted by atomic mass is 10.1. The predicted octanol–water partition coefficient (Wildman–Crippen LogP) is 2.05. The molecule has 160 valence electrons. The van der Waals surface area contributed by atoms with Gasteiger partial charge >= 0.3 is 6.09 Å². The Balaban J connectivity index is 1.41. The number of anilines is 1. The third-order valence-corrected chi connectivity index (χ3v) is 5.60. The molecule has 1 unspecified atom stereocenters. The van der Waals surface area contributed by atoms with E-state index in [9.17, 15) is 4.79 Å². The molecule has 1 atom stereocenters. The number of benzene rings is 1. The van der Waals surface area contributed by atoms with E-state index in [2.05, 4.69) is 27.3 Å². The molecule has 2 aliphatic heterocycles. The van der Waals surface area contributed by atoms with Gasteiger partial charge in [-0.2, -0.15) is 0 Å². The molecule has 2 saturated heterocycles. The van der Waals surface area contributed by atoms with Crippen LogP contribution in [0.15, 0.2) is 29.3 Å². The molecule has 0 bridgehead atoms. The minimum Gasteiger partial charge on any atom is -0.497 e. The number of methoxy groups -OCH3 is 1. The third kappa shape index (κ3) is 5.92. The molecule has 2 fully saturated rings. The molecular weight excluding hydrogens is 370 g/mol. The van der Waals surface area contributed by atoms with Crippen molar-refractivity contribution in [3.8, 4) is 5.75 Å². The Bertz CT molecular complexity index is 703. The summed E-state index contributed by atoms with van der Waals surface area (Å²) in [6, 6.07) is 8.43. The van der Waals surface area contributed by atoms with Crippen molar-refractivity contribution < 1.29 is 14.3 Å². The summed E-state index contributed by atoms with van der Waals surface area (Å²) in [7, 11) is 1.69. The maximum Gasteiger partial charge on any atom is 0.409 e. The van der Waals surface area contributed by atoms with Gasteiger partial charge in [-0.1, -0.05) is 6.07 Å². The molecular formula is C21H33N5O3. The van der Waals surface area contributed by atoms with Crippen LogP contribution in [0.3, 0.4) is 0 Å². The van der Waals surface area contributed by atoms with Gasteiger partial charge in [-0.05, 0) is 44.2 Å². The number of nitrogens with two attached hydrogens (primary N) is 1. The van der Waals surface area contributed by atoms with Crippen molar-refractivity contribution in [3.63, 3.8) is 0 Å². The number of piperidine rings is 1. The maximum absolute atomic E-state index is 11.8. The molecule has 0 radical (unpaired) electrons. The van der Waals surface area contributed by atoms with Crippen LogP contribution in [0.2, 0.25) is 0 Å². The van der Waals surface area contributed by atoms with Crippen LogP contribution in [0.5, 0.6) is 5.75 Å². The Labute approximate surface area is 173 Å². The highest BCUT2D eigenvalue weighted by Gasteiger charge is 2.25. The van der Waals surface area contributed by atoms with Crippen molar-refractivity contribution in [2.75, 3.05) is 51.3 Å². The molecule has 3 rings (SSSR count). The molecule has 1 aromatic carbocycles. The smallest absolute Gasteiger partial charge is 0.409 e. The highest BCUT2D eigenvalue weighted by atomic mass is 16.6. The van der Waals surface area contributed by atoms with Crippen molar-refractivity contribution in [3.05, 3.63) is 24.3 Å². The van der Waals surface area contributed by atoms with Crippen molar-refractivity contribution in [1.82, 2.24) is 10.2 Å². The fraction of sp³-hybridized carbons (Fsp3) is 0.619. The molecule has 8 heteroatoms. The minimum absolute atomic E-state index is 0.227. The van der Waals surface area contributed by atoms with E-state index in [1.54, 1.807) is 12.0 Å². The van der Waals surface area contributed by atoms with Gasteiger partial charge in [0.25, 0.3) is 0 Å². The third-order valence-electron chi connectivity index (χ3n) is 5.60. The van der Waals surface area contributed by atoms with Crippen LogP contribution in [0, 0.1) is 5.92 Å². The normalized spacial score (nSPS) is 20.6. The molecule has 0 saturated carbocycles. The summed E-state index contributed by atoms with van der Waals surface area (Å²) in [5.74, 6) is 1.87. The summed E-state index contributed by atoms with van der Waals surface area (Å²) < 4.78 is 10.4. The van der Waals surface area contributed by atoms with Crippen LogP contribution in [0.1, 0.15) is 26.2 Å². The number of nitrogens with zero attached hydrogens (tertiary/aromatic N) is 3. The first-order valence-corrected chi connectivity index (χ1v) is 10.5. The zero-order valence-electron chi connectivity index (χ0n) is 17.5. The number of likely N-dealkylation sites (tertiary alicyclic amines) is 1. The first-order chi connectivity index (χ1) is 14.1. The second-order valence-corrected chi connectivity index (χ2v) is 7.63. The number of rotatable bonds is 6. The van der Waals surface area contributed by atoms with Gasteiger partial charge < -0.3 is 30.3 Å². The van der Waals surface area contributed by atoms with Crippen LogP contribution in [0.25, 0.3) is 0 Å². The van der Waals surface area contributed by atoms with E-state index >= 15 is 0 Å². The van der Waals surface area contributed by atoms with E-state index in [4.69, 9.17) is 15.2 Å². The number of ether oxygens (including phenoxy) is 2. The fourth-order valence-electron chi connectivity index (χ4n) is 3.93. The Kier molecular flexibility index (Phi) is 7.43. The second-order valence-electron chi connectivity index (χ2n) is 7.63. The molecule has 2 aliphatic rings. The standard InChI is InChI=1S/C21H33N5O3/c1-3-29-21(27)25-11-8-17(9-12-25)24-20(22)23-14-16-7-10-26(15-16)18-5-4-6-19(13-18)28-2/h4-6,13,16-17H,3,7-12,14-15H2,1-2H3,(H3,22,23,24). The molecule has 1 amide bonds. The van der Waals surface area contributed by atoms with Gasteiger partial charge in [-0.15, -0.1) is 0 Å². The average Bonchev–Trinajstić information content (AvgIpc) is 3.22.